The van der Waals surface area contributed by atoms with Gasteiger partial charge in [0.15, 0.2) is 0 Å². The van der Waals surface area contributed by atoms with E-state index in [4.69, 9.17) is 0 Å². The van der Waals surface area contributed by atoms with Crippen LogP contribution in [0.1, 0.15) is 30.1 Å². The van der Waals surface area contributed by atoms with E-state index in [1.807, 2.05) is 0 Å². The van der Waals surface area contributed by atoms with Crippen molar-refractivity contribution in [3.05, 3.63) is 42.2 Å². The summed E-state index contributed by atoms with van der Waals surface area (Å²) in [5, 5.41) is 2.45. The van der Waals surface area contributed by atoms with Gasteiger partial charge in [0.25, 0.3) is 5.91 Å². The zero-order chi connectivity index (χ0) is 17.0. The Morgan fingerprint density at radius 2 is 2.09 bits per heavy atom. The Balaban J connectivity index is 2.29. The van der Waals surface area contributed by atoms with E-state index < -0.39 is 21.7 Å². The number of carbonyl (C=O) groups excluding carboxylic acids is 1. The molecule has 126 valence electrons. The van der Waals surface area contributed by atoms with Crippen molar-refractivity contribution in [2.45, 2.75) is 24.7 Å². The van der Waals surface area contributed by atoms with E-state index in [1.54, 1.807) is 0 Å². The quantitative estimate of drug-likeness (QED) is 0.836. The first kappa shape index (κ1) is 17.6. The average molecular weight is 340 g/mol. The smallest absolute Gasteiger partial charge is 0.254 e. The minimum atomic E-state index is -3.71. The normalized spacial score (nSPS) is 17.0. The van der Waals surface area contributed by atoms with Crippen molar-refractivity contribution in [3.8, 4) is 0 Å². The number of piperidine rings is 1. The van der Waals surface area contributed by atoms with Gasteiger partial charge in [0.1, 0.15) is 5.82 Å². The first-order valence-corrected chi connectivity index (χ1v) is 8.99. The lowest BCUT2D eigenvalue weighted by Crippen LogP contribution is -2.38. The number of rotatable bonds is 5. The number of nitrogens with zero attached hydrogens (tertiary/aromatic N) is 1. The summed E-state index contributed by atoms with van der Waals surface area (Å²) < 4.78 is 40.5. The van der Waals surface area contributed by atoms with Crippen molar-refractivity contribution in [2.75, 3.05) is 19.6 Å². The van der Waals surface area contributed by atoms with Gasteiger partial charge in [-0.05, 0) is 37.0 Å². The number of carbonyl (C=O) groups is 1. The van der Waals surface area contributed by atoms with Crippen LogP contribution in [0, 0.1) is 11.7 Å². The van der Waals surface area contributed by atoms with Crippen LogP contribution in [0.4, 0.5) is 4.39 Å². The Bertz CT molecular complexity index is 695. The second-order valence-electron chi connectivity index (χ2n) is 5.73. The molecule has 1 N–H and O–H groups in total. The molecule has 0 spiro atoms. The molecule has 1 fully saturated rings. The molecule has 0 saturated carbocycles. The van der Waals surface area contributed by atoms with E-state index in [2.05, 4.69) is 18.8 Å². The van der Waals surface area contributed by atoms with Gasteiger partial charge in [0.05, 0.1) is 10.5 Å². The molecule has 0 aliphatic carbocycles. The predicted octanol–water partition coefficient (Wildman–Crippen LogP) is 2.16. The third-order valence-electron chi connectivity index (χ3n) is 3.97. The summed E-state index contributed by atoms with van der Waals surface area (Å²) in [6, 6.07) is 3.32. The standard InChI is InChI=1S/C16H21FN2O3S/c1-3-8-18-16(20)14-11-13(4-5-15(14)17)23(21,22)19-9-6-12(2)7-10-19/h3-5,11-12H,1,6-10H2,2H3,(H,18,20). The van der Waals surface area contributed by atoms with Gasteiger partial charge in [-0.1, -0.05) is 13.0 Å². The monoisotopic (exact) mass is 340 g/mol. The first-order valence-electron chi connectivity index (χ1n) is 7.55. The maximum Gasteiger partial charge on any atom is 0.254 e. The highest BCUT2D eigenvalue weighted by Gasteiger charge is 2.29. The molecule has 7 heteroatoms. The highest BCUT2D eigenvalue weighted by molar-refractivity contribution is 7.89. The summed E-state index contributed by atoms with van der Waals surface area (Å²) >= 11 is 0. The lowest BCUT2D eigenvalue weighted by Gasteiger charge is -2.29. The largest absolute Gasteiger partial charge is 0.348 e. The molecule has 1 amide bonds. The Morgan fingerprint density at radius 1 is 1.43 bits per heavy atom. The van der Waals surface area contributed by atoms with Gasteiger partial charge in [-0.3, -0.25) is 4.79 Å². The zero-order valence-corrected chi connectivity index (χ0v) is 13.9. The predicted molar refractivity (Wildman–Crippen MR) is 86.1 cm³/mol. The second kappa shape index (κ2) is 7.23. The third kappa shape index (κ3) is 3.97. The number of halogens is 1. The van der Waals surface area contributed by atoms with Crippen LogP contribution in [0.3, 0.4) is 0 Å². The molecule has 1 aromatic carbocycles. The third-order valence-corrected chi connectivity index (χ3v) is 5.86. The minimum absolute atomic E-state index is 0.0581. The molecule has 5 nitrogen and oxygen atoms in total. The summed E-state index contributed by atoms with van der Waals surface area (Å²) in [6.07, 6.45) is 3.06. The summed E-state index contributed by atoms with van der Waals surface area (Å²) in [5.41, 5.74) is -0.279. The molecule has 0 unspecified atom stereocenters. The van der Waals surface area contributed by atoms with Crippen LogP contribution >= 0.6 is 0 Å². The van der Waals surface area contributed by atoms with Crippen LogP contribution in [0.25, 0.3) is 0 Å². The molecule has 0 atom stereocenters. The molecule has 1 aliphatic rings. The molecule has 1 aromatic rings. The lowest BCUT2D eigenvalue weighted by atomic mass is 10.0. The van der Waals surface area contributed by atoms with Crippen molar-refractivity contribution in [1.29, 1.82) is 0 Å². The second-order valence-corrected chi connectivity index (χ2v) is 7.66. The topological polar surface area (TPSA) is 66.5 Å². The fourth-order valence-electron chi connectivity index (χ4n) is 2.47. The molecular weight excluding hydrogens is 319 g/mol. The van der Waals surface area contributed by atoms with Crippen molar-refractivity contribution in [2.24, 2.45) is 5.92 Å². The number of hydrogen-bond acceptors (Lipinski definition) is 3. The van der Waals surface area contributed by atoms with Crippen LogP contribution in [-0.2, 0) is 10.0 Å². The van der Waals surface area contributed by atoms with E-state index >= 15 is 0 Å². The fourth-order valence-corrected chi connectivity index (χ4v) is 3.97. The van der Waals surface area contributed by atoms with Gasteiger partial charge in [-0.25, -0.2) is 12.8 Å². The van der Waals surface area contributed by atoms with Crippen molar-refractivity contribution < 1.29 is 17.6 Å². The fraction of sp³-hybridized carbons (Fsp3) is 0.438. The maximum absolute atomic E-state index is 13.8. The Hall–Kier alpha value is -1.73. The van der Waals surface area contributed by atoms with Gasteiger partial charge in [-0.15, -0.1) is 6.58 Å². The molecule has 1 heterocycles. The maximum atomic E-state index is 13.8. The summed E-state index contributed by atoms with van der Waals surface area (Å²) in [5.74, 6) is -0.917. The first-order chi connectivity index (χ1) is 10.9. The van der Waals surface area contributed by atoms with Gasteiger partial charge < -0.3 is 5.32 Å². The Morgan fingerprint density at radius 3 is 2.70 bits per heavy atom. The molecule has 23 heavy (non-hydrogen) atoms. The Labute approximate surface area is 136 Å². The number of amides is 1. The number of nitrogens with one attached hydrogen (secondary N) is 1. The van der Waals surface area contributed by atoms with E-state index in [1.165, 1.54) is 16.4 Å². The molecule has 0 radical (unpaired) electrons. The SMILES string of the molecule is C=CCNC(=O)c1cc(S(=O)(=O)N2CCC(C)CC2)ccc1F. The van der Waals surface area contributed by atoms with Crippen molar-refractivity contribution in [1.82, 2.24) is 9.62 Å². The van der Waals surface area contributed by atoms with E-state index in [0.717, 1.165) is 25.0 Å². The lowest BCUT2D eigenvalue weighted by molar-refractivity contribution is 0.0953. The van der Waals surface area contributed by atoms with Gasteiger partial charge in [0, 0.05) is 19.6 Å². The number of sulfonamides is 1. The van der Waals surface area contributed by atoms with E-state index in [0.29, 0.717) is 19.0 Å². The molecule has 1 aliphatic heterocycles. The van der Waals surface area contributed by atoms with Crippen LogP contribution < -0.4 is 5.32 Å². The average Bonchev–Trinajstić information content (AvgIpc) is 2.53. The molecular formula is C16H21FN2O3S. The summed E-state index contributed by atoms with van der Waals surface area (Å²) in [4.78, 5) is 11.9. The molecule has 2 rings (SSSR count). The van der Waals surface area contributed by atoms with Crippen molar-refractivity contribution >= 4 is 15.9 Å². The van der Waals surface area contributed by atoms with Crippen molar-refractivity contribution in [3.63, 3.8) is 0 Å². The van der Waals surface area contributed by atoms with E-state index in [-0.39, 0.29) is 17.0 Å². The summed E-state index contributed by atoms with van der Waals surface area (Å²) in [6.45, 7) is 6.62. The van der Waals surface area contributed by atoms with Gasteiger partial charge in [-0.2, -0.15) is 4.31 Å². The molecule has 0 bridgehead atoms. The number of benzene rings is 1. The van der Waals surface area contributed by atoms with Crippen LogP contribution in [0.2, 0.25) is 0 Å². The Kier molecular flexibility index (Phi) is 5.54. The van der Waals surface area contributed by atoms with Gasteiger partial charge >= 0.3 is 0 Å². The minimum Gasteiger partial charge on any atom is -0.348 e. The highest BCUT2D eigenvalue weighted by atomic mass is 32.2. The highest BCUT2D eigenvalue weighted by Crippen LogP contribution is 2.24. The molecule has 0 aromatic heterocycles. The zero-order valence-electron chi connectivity index (χ0n) is 13.1. The van der Waals surface area contributed by atoms with Crippen LogP contribution in [0.15, 0.2) is 35.7 Å². The van der Waals surface area contributed by atoms with E-state index in [9.17, 15) is 17.6 Å². The van der Waals surface area contributed by atoms with Crippen LogP contribution in [0.5, 0.6) is 0 Å². The molecule has 1 saturated heterocycles. The van der Waals surface area contributed by atoms with Gasteiger partial charge in [0.2, 0.25) is 10.0 Å². The number of hydrogen-bond donors (Lipinski definition) is 1. The van der Waals surface area contributed by atoms with Crippen LogP contribution in [-0.4, -0.2) is 38.3 Å². The summed E-state index contributed by atoms with van der Waals surface area (Å²) in [7, 11) is -3.71.